The van der Waals surface area contributed by atoms with Crippen molar-refractivity contribution in [1.29, 1.82) is 0 Å². The summed E-state index contributed by atoms with van der Waals surface area (Å²) in [6.45, 7) is 0. The van der Waals surface area contributed by atoms with Gasteiger partial charge in [-0.3, -0.25) is 0 Å². The van der Waals surface area contributed by atoms with Crippen molar-refractivity contribution < 1.29 is 22.8 Å². The van der Waals surface area contributed by atoms with E-state index in [1.165, 1.54) is 36.6 Å². The highest BCUT2D eigenvalue weighted by Gasteiger charge is 2.40. The van der Waals surface area contributed by atoms with Gasteiger partial charge in [0.15, 0.2) is 16.2 Å². The number of nitrogens with two attached hydrogens (primary N) is 1. The van der Waals surface area contributed by atoms with Gasteiger partial charge in [0.1, 0.15) is 10.8 Å². The Labute approximate surface area is 176 Å². The van der Waals surface area contributed by atoms with Gasteiger partial charge < -0.3 is 4.74 Å². The quantitative estimate of drug-likeness (QED) is 0.264. The number of thiophene rings is 1. The zero-order chi connectivity index (χ0) is 21.6. The smallest absolute Gasteiger partial charge is 0.434 e. The minimum absolute atomic E-state index is 0.0242. The Morgan fingerprint density at radius 3 is 2.67 bits per heavy atom. The zero-order valence-corrected chi connectivity index (χ0v) is 16.7. The number of hydrazine groups is 1. The first-order chi connectivity index (χ1) is 14.2. The highest BCUT2D eigenvalue weighted by atomic mass is 35.5. The van der Waals surface area contributed by atoms with E-state index in [0.29, 0.717) is 9.39 Å². The normalized spacial score (nSPS) is 11.8. The number of fused-ring (bicyclic) bond motifs is 1. The van der Waals surface area contributed by atoms with E-state index in [1.807, 2.05) is 0 Å². The standard InChI is InChI=1S/C18H12ClF3N5O2S/c1-29-11-6-9(5-10(7-11)27(23)28)14-15(13-3-2-4-30-13)25-17-12(19)8-24-26(17)16(14)18(20,21)22/h2-8H,1H3,(H2,23,28)/q+1. The summed E-state index contributed by atoms with van der Waals surface area (Å²) in [5, 5.41) is 5.46. The van der Waals surface area contributed by atoms with Gasteiger partial charge in [-0.25, -0.2) is 9.50 Å². The van der Waals surface area contributed by atoms with Crippen LogP contribution in [0.2, 0.25) is 5.02 Å². The molecule has 7 nitrogen and oxygen atoms in total. The van der Waals surface area contributed by atoms with Gasteiger partial charge in [-0.05, 0) is 23.1 Å². The van der Waals surface area contributed by atoms with E-state index in [1.54, 1.807) is 17.5 Å². The molecular formula is C18H12ClF3N5O2S+. The third kappa shape index (κ3) is 3.35. The Hall–Kier alpha value is -3.18. The predicted molar refractivity (Wildman–Crippen MR) is 106 cm³/mol. The van der Waals surface area contributed by atoms with Crippen LogP contribution in [0, 0.1) is 4.91 Å². The molecule has 4 rings (SSSR count). The van der Waals surface area contributed by atoms with E-state index in [2.05, 4.69) is 10.1 Å². The molecule has 2 N–H and O–H groups in total. The number of nitrogens with zero attached hydrogens (tertiary/aromatic N) is 4. The van der Waals surface area contributed by atoms with Gasteiger partial charge in [0.05, 0.1) is 34.9 Å². The molecule has 0 aliphatic carbocycles. The molecule has 3 aromatic heterocycles. The fourth-order valence-electron chi connectivity index (χ4n) is 3.07. The van der Waals surface area contributed by atoms with Crippen molar-refractivity contribution in [3.8, 4) is 27.4 Å². The first-order valence-corrected chi connectivity index (χ1v) is 9.56. The molecule has 0 bridgehead atoms. The van der Waals surface area contributed by atoms with Crippen LogP contribution in [0.1, 0.15) is 5.69 Å². The number of ether oxygens (including phenoxy) is 1. The summed E-state index contributed by atoms with van der Waals surface area (Å²) in [6.07, 6.45) is -3.72. The Morgan fingerprint density at radius 2 is 2.07 bits per heavy atom. The van der Waals surface area contributed by atoms with Gasteiger partial charge in [-0.15, -0.1) is 11.3 Å². The Morgan fingerprint density at radius 1 is 1.30 bits per heavy atom. The van der Waals surface area contributed by atoms with Crippen LogP contribution >= 0.6 is 22.9 Å². The molecule has 4 aromatic rings. The molecule has 3 heterocycles. The maximum Gasteiger partial charge on any atom is 0.434 e. The van der Waals surface area contributed by atoms with Gasteiger partial charge >= 0.3 is 6.18 Å². The lowest BCUT2D eigenvalue weighted by Gasteiger charge is -2.18. The topological polar surface area (TPSA) is 85.5 Å². The van der Waals surface area contributed by atoms with E-state index < -0.39 is 11.9 Å². The van der Waals surface area contributed by atoms with Gasteiger partial charge in [-0.1, -0.05) is 17.7 Å². The van der Waals surface area contributed by atoms with Crippen LogP contribution in [-0.2, 0) is 6.18 Å². The number of halogens is 4. The van der Waals surface area contributed by atoms with Crippen LogP contribution in [0.15, 0.2) is 41.9 Å². The van der Waals surface area contributed by atoms with Crippen LogP contribution in [-0.4, -0.2) is 26.6 Å². The number of methoxy groups -OCH3 is 1. The van der Waals surface area contributed by atoms with Crippen LogP contribution in [0.4, 0.5) is 18.9 Å². The second-order valence-electron chi connectivity index (χ2n) is 6.13. The fourth-order valence-corrected chi connectivity index (χ4v) is 3.95. The van der Waals surface area contributed by atoms with Crippen LogP contribution < -0.4 is 10.6 Å². The van der Waals surface area contributed by atoms with Crippen LogP contribution in [0.3, 0.4) is 0 Å². The third-order valence-corrected chi connectivity index (χ3v) is 5.44. The zero-order valence-electron chi connectivity index (χ0n) is 15.1. The number of nitroso groups, excluding NO2 is 1. The lowest BCUT2D eigenvalue weighted by Crippen LogP contribution is -2.17. The molecule has 0 radical (unpaired) electrons. The van der Waals surface area contributed by atoms with Crippen LogP contribution in [0.25, 0.3) is 27.3 Å². The maximum atomic E-state index is 14.3. The molecule has 0 saturated heterocycles. The van der Waals surface area contributed by atoms with E-state index in [0.717, 1.165) is 6.20 Å². The minimum Gasteiger partial charge on any atom is -0.496 e. The molecule has 154 valence electrons. The molecule has 1 aromatic carbocycles. The molecule has 0 fully saturated rings. The van der Waals surface area contributed by atoms with Crippen molar-refractivity contribution in [3.05, 3.63) is 57.5 Å². The second kappa shape index (κ2) is 7.26. The molecule has 0 aliphatic heterocycles. The first kappa shape index (κ1) is 20.1. The van der Waals surface area contributed by atoms with Gasteiger partial charge in [0, 0.05) is 11.6 Å². The molecule has 0 amide bonds. The lowest BCUT2D eigenvalue weighted by molar-refractivity contribution is -0.474. The monoisotopic (exact) mass is 454 g/mol. The Balaban J connectivity index is 2.20. The number of alkyl halides is 3. The summed E-state index contributed by atoms with van der Waals surface area (Å²) < 4.78 is 48.6. The maximum absolute atomic E-state index is 14.3. The van der Waals surface area contributed by atoms with Crippen molar-refractivity contribution in [2.24, 2.45) is 5.84 Å². The SMILES string of the molecule is COc1cc(-c2c(-c3cccs3)nc3c(Cl)cnn3c2C(F)(F)F)cc([N+](N)=O)c1. The average Bonchev–Trinajstić information content (AvgIpc) is 3.35. The average molecular weight is 455 g/mol. The van der Waals surface area contributed by atoms with Gasteiger partial charge in [0.25, 0.3) is 5.69 Å². The van der Waals surface area contributed by atoms with Crippen LogP contribution in [0.5, 0.6) is 5.75 Å². The molecule has 12 heteroatoms. The van der Waals surface area contributed by atoms with Crippen molar-refractivity contribution >= 4 is 34.3 Å². The molecule has 0 spiro atoms. The Bertz CT molecular complexity index is 1270. The largest absolute Gasteiger partial charge is 0.496 e. The van der Waals surface area contributed by atoms with E-state index >= 15 is 0 Å². The number of rotatable bonds is 4. The molecular weight excluding hydrogens is 443 g/mol. The fraction of sp³-hybridized carbons (Fsp3) is 0.111. The third-order valence-electron chi connectivity index (χ3n) is 4.30. The summed E-state index contributed by atoms with van der Waals surface area (Å²) >= 11 is 7.26. The lowest BCUT2D eigenvalue weighted by atomic mass is 9.99. The summed E-state index contributed by atoms with van der Waals surface area (Å²) in [7, 11) is 1.33. The number of hydrogen-bond donors (Lipinski definition) is 1. The highest BCUT2D eigenvalue weighted by Crippen LogP contribution is 2.45. The van der Waals surface area contributed by atoms with E-state index in [9.17, 15) is 18.1 Å². The summed E-state index contributed by atoms with van der Waals surface area (Å²) in [5.74, 6) is 5.44. The molecule has 0 atom stereocenters. The van der Waals surface area contributed by atoms with Gasteiger partial charge in [0.2, 0.25) is 0 Å². The predicted octanol–water partition coefficient (Wildman–Crippen LogP) is 5.09. The highest BCUT2D eigenvalue weighted by molar-refractivity contribution is 7.13. The second-order valence-corrected chi connectivity index (χ2v) is 7.49. The van der Waals surface area contributed by atoms with Crippen molar-refractivity contribution in [2.75, 3.05) is 7.11 Å². The van der Waals surface area contributed by atoms with Crippen molar-refractivity contribution in [1.82, 2.24) is 14.6 Å². The molecule has 0 saturated carbocycles. The summed E-state index contributed by atoms with van der Waals surface area (Å²) in [6, 6.07) is 7.24. The molecule has 0 aliphatic rings. The number of benzene rings is 1. The minimum atomic E-state index is -4.82. The number of hydrogen-bond acceptors (Lipinski definition) is 5. The summed E-state index contributed by atoms with van der Waals surface area (Å²) in [4.78, 5) is 16.6. The molecule has 30 heavy (non-hydrogen) atoms. The number of aromatic nitrogens is 3. The molecule has 0 unspecified atom stereocenters. The van der Waals surface area contributed by atoms with E-state index in [-0.39, 0.29) is 43.8 Å². The van der Waals surface area contributed by atoms with E-state index in [4.69, 9.17) is 22.2 Å². The van der Waals surface area contributed by atoms with Crippen molar-refractivity contribution in [3.63, 3.8) is 0 Å². The first-order valence-electron chi connectivity index (χ1n) is 8.30. The summed E-state index contributed by atoms with van der Waals surface area (Å²) in [5.41, 5.74) is -1.51. The Kier molecular flexibility index (Phi) is 4.86. The van der Waals surface area contributed by atoms with Gasteiger partial charge in [-0.2, -0.15) is 24.1 Å². The van der Waals surface area contributed by atoms with Crippen molar-refractivity contribution in [2.45, 2.75) is 6.18 Å².